The highest BCUT2D eigenvalue weighted by atomic mass is 16.4. The summed E-state index contributed by atoms with van der Waals surface area (Å²) in [7, 11) is 1.56. The van der Waals surface area contributed by atoms with Crippen molar-refractivity contribution in [1.29, 1.82) is 0 Å². The monoisotopic (exact) mass is 537 g/mol. The zero-order valence-electron chi connectivity index (χ0n) is 22.5. The van der Waals surface area contributed by atoms with Gasteiger partial charge in [0.1, 0.15) is 5.82 Å². The highest BCUT2D eigenvalue weighted by Crippen LogP contribution is 2.24. The molecule has 2 aliphatic heterocycles. The number of carboxylic acid groups (broad SMARTS) is 1. The maximum absolute atomic E-state index is 12.7. The van der Waals surface area contributed by atoms with Gasteiger partial charge in [0, 0.05) is 57.2 Å². The summed E-state index contributed by atoms with van der Waals surface area (Å²) in [6.07, 6.45) is 5.52. The summed E-state index contributed by atoms with van der Waals surface area (Å²) in [5.41, 5.74) is 3.11. The maximum atomic E-state index is 12.7. The smallest absolute Gasteiger partial charge is 0.303 e. The standard InChI is InChI=1S/C27H34N4O4.C2H5NO/c32-24(16-21(17-26(34)35)19-6-2-1-3-7-19)29-23-13-15-31(18-23)25(33)10-4-9-22-12-11-20-8-5-14-28-27(20)30-22;1-3-2-4/h1-3,6-7,11-12,21,23H,4-5,8-10,13-18H2,(H,28,30)(H,29,32)(H,34,35);2H,1H3,(H,3,4). The molecule has 2 unspecified atom stereocenters. The fourth-order valence-electron chi connectivity index (χ4n) is 4.95. The summed E-state index contributed by atoms with van der Waals surface area (Å²) in [5, 5.41) is 17.9. The number of anilines is 1. The summed E-state index contributed by atoms with van der Waals surface area (Å²) < 4.78 is 0. The zero-order chi connectivity index (χ0) is 28.0. The Morgan fingerprint density at radius 1 is 1.18 bits per heavy atom. The van der Waals surface area contributed by atoms with Crippen LogP contribution >= 0.6 is 0 Å². The average molecular weight is 538 g/mol. The lowest BCUT2D eigenvalue weighted by Gasteiger charge is -2.19. The van der Waals surface area contributed by atoms with Crippen LogP contribution in [0.2, 0.25) is 0 Å². The van der Waals surface area contributed by atoms with Crippen molar-refractivity contribution in [1.82, 2.24) is 20.5 Å². The first-order valence-electron chi connectivity index (χ1n) is 13.6. The first-order chi connectivity index (χ1) is 18.9. The Morgan fingerprint density at radius 2 is 1.95 bits per heavy atom. The molecule has 2 aliphatic rings. The number of aromatic nitrogens is 1. The minimum atomic E-state index is -0.925. The SMILES string of the molecule is CNC=O.O=C(O)CC(CC(=O)NC1CCN(C(=O)CCCc2ccc3c(n2)NCCC3)C1)c1ccccc1. The van der Waals surface area contributed by atoms with Crippen LogP contribution in [0.25, 0.3) is 0 Å². The van der Waals surface area contributed by atoms with E-state index in [1.807, 2.05) is 35.2 Å². The summed E-state index contributed by atoms with van der Waals surface area (Å²) in [5.74, 6) is -0.389. The number of aliphatic carboxylic acids is 1. The third-order valence-electron chi connectivity index (χ3n) is 6.92. The molecule has 10 heteroatoms. The van der Waals surface area contributed by atoms with E-state index in [9.17, 15) is 19.5 Å². The van der Waals surface area contributed by atoms with Crippen molar-refractivity contribution in [3.05, 3.63) is 59.3 Å². The number of benzene rings is 1. The van der Waals surface area contributed by atoms with Crippen LogP contribution in [0, 0.1) is 0 Å². The number of carbonyl (C=O) groups is 4. The second-order valence-corrected chi connectivity index (χ2v) is 9.90. The van der Waals surface area contributed by atoms with Gasteiger partial charge in [-0.3, -0.25) is 19.2 Å². The largest absolute Gasteiger partial charge is 0.481 e. The van der Waals surface area contributed by atoms with Gasteiger partial charge in [-0.15, -0.1) is 0 Å². The van der Waals surface area contributed by atoms with Gasteiger partial charge >= 0.3 is 5.97 Å². The molecule has 3 amide bonds. The number of nitrogens with zero attached hydrogens (tertiary/aromatic N) is 2. The lowest BCUT2D eigenvalue weighted by Crippen LogP contribution is -2.39. The van der Waals surface area contributed by atoms with E-state index in [2.05, 4.69) is 28.1 Å². The Bertz CT molecular complexity index is 1110. The number of hydrogen-bond acceptors (Lipinski definition) is 6. The van der Waals surface area contributed by atoms with Crippen LogP contribution in [0.5, 0.6) is 0 Å². The van der Waals surface area contributed by atoms with E-state index in [0.29, 0.717) is 32.3 Å². The number of likely N-dealkylation sites (tertiary alicyclic amines) is 1. The minimum Gasteiger partial charge on any atom is -0.481 e. The average Bonchev–Trinajstić information content (AvgIpc) is 3.41. The summed E-state index contributed by atoms with van der Waals surface area (Å²) in [6, 6.07) is 13.4. The molecule has 0 aliphatic carbocycles. The van der Waals surface area contributed by atoms with Crippen molar-refractivity contribution in [2.24, 2.45) is 0 Å². The molecule has 0 spiro atoms. The Kier molecular flexibility index (Phi) is 11.7. The van der Waals surface area contributed by atoms with Gasteiger partial charge in [-0.1, -0.05) is 36.4 Å². The second-order valence-electron chi connectivity index (χ2n) is 9.90. The summed E-state index contributed by atoms with van der Waals surface area (Å²) in [4.78, 5) is 52.2. The normalized spacial score (nSPS) is 16.5. The van der Waals surface area contributed by atoms with Gasteiger partial charge in [-0.25, -0.2) is 4.98 Å². The number of nitrogens with one attached hydrogen (secondary N) is 3. The van der Waals surface area contributed by atoms with E-state index < -0.39 is 5.97 Å². The molecular weight excluding hydrogens is 498 g/mol. The first kappa shape index (κ1) is 29.6. The van der Waals surface area contributed by atoms with Gasteiger partial charge in [-0.2, -0.15) is 0 Å². The maximum Gasteiger partial charge on any atom is 0.303 e. The molecule has 1 aromatic heterocycles. The molecule has 10 nitrogen and oxygen atoms in total. The number of hydrogen-bond donors (Lipinski definition) is 4. The van der Waals surface area contributed by atoms with Crippen LogP contribution in [0.4, 0.5) is 5.82 Å². The van der Waals surface area contributed by atoms with E-state index in [0.717, 1.165) is 49.3 Å². The van der Waals surface area contributed by atoms with Gasteiger partial charge in [0.05, 0.1) is 6.42 Å². The van der Waals surface area contributed by atoms with Crippen LogP contribution in [0.1, 0.15) is 61.3 Å². The number of pyridine rings is 1. The molecule has 210 valence electrons. The molecule has 0 radical (unpaired) electrons. The van der Waals surface area contributed by atoms with Gasteiger partial charge in [0.15, 0.2) is 0 Å². The number of fused-ring (bicyclic) bond motifs is 1. The third-order valence-corrected chi connectivity index (χ3v) is 6.92. The number of carboxylic acids is 1. The predicted octanol–water partition coefficient (Wildman–Crippen LogP) is 2.49. The van der Waals surface area contributed by atoms with E-state index in [1.165, 1.54) is 5.56 Å². The van der Waals surface area contributed by atoms with Crippen molar-refractivity contribution in [3.8, 4) is 0 Å². The molecule has 1 fully saturated rings. The van der Waals surface area contributed by atoms with Crippen molar-refractivity contribution in [2.45, 2.75) is 63.3 Å². The Balaban J connectivity index is 0.000000983. The number of amides is 3. The molecule has 3 heterocycles. The van der Waals surface area contributed by atoms with Crippen LogP contribution in [0.15, 0.2) is 42.5 Å². The van der Waals surface area contributed by atoms with Crippen LogP contribution in [-0.4, -0.2) is 71.9 Å². The molecule has 1 saturated heterocycles. The zero-order valence-corrected chi connectivity index (χ0v) is 22.5. The lowest BCUT2D eigenvalue weighted by atomic mass is 9.92. The van der Waals surface area contributed by atoms with Crippen LogP contribution in [0.3, 0.4) is 0 Å². The van der Waals surface area contributed by atoms with E-state index in [-0.39, 0.29) is 36.6 Å². The number of rotatable bonds is 11. The van der Waals surface area contributed by atoms with Crippen molar-refractivity contribution < 1.29 is 24.3 Å². The predicted molar refractivity (Wildman–Crippen MR) is 148 cm³/mol. The lowest BCUT2D eigenvalue weighted by molar-refractivity contribution is -0.137. The van der Waals surface area contributed by atoms with Crippen molar-refractivity contribution in [2.75, 3.05) is 32.0 Å². The molecule has 2 aromatic rings. The van der Waals surface area contributed by atoms with Gasteiger partial charge in [-0.05, 0) is 49.3 Å². The van der Waals surface area contributed by atoms with Crippen LogP contribution in [-0.2, 0) is 32.0 Å². The molecule has 2 atom stereocenters. The summed E-state index contributed by atoms with van der Waals surface area (Å²) >= 11 is 0. The highest BCUT2D eigenvalue weighted by Gasteiger charge is 2.28. The Hall–Kier alpha value is -3.95. The third kappa shape index (κ3) is 9.70. The Morgan fingerprint density at radius 3 is 2.67 bits per heavy atom. The molecule has 39 heavy (non-hydrogen) atoms. The van der Waals surface area contributed by atoms with Gasteiger partial charge in [0.2, 0.25) is 18.2 Å². The first-order valence-corrected chi connectivity index (χ1v) is 13.6. The van der Waals surface area contributed by atoms with Crippen LogP contribution < -0.4 is 16.0 Å². The molecule has 4 rings (SSSR count). The Labute approximate surface area is 229 Å². The van der Waals surface area contributed by atoms with Crippen molar-refractivity contribution in [3.63, 3.8) is 0 Å². The summed E-state index contributed by atoms with van der Waals surface area (Å²) in [6.45, 7) is 2.09. The molecule has 0 saturated carbocycles. The highest BCUT2D eigenvalue weighted by molar-refractivity contribution is 5.79. The van der Waals surface area contributed by atoms with E-state index in [1.54, 1.807) is 7.05 Å². The van der Waals surface area contributed by atoms with Gasteiger partial charge < -0.3 is 26.0 Å². The van der Waals surface area contributed by atoms with Gasteiger partial charge in [0.25, 0.3) is 0 Å². The topological polar surface area (TPSA) is 141 Å². The number of aryl methyl sites for hydroxylation is 2. The second kappa shape index (κ2) is 15.5. The molecule has 1 aromatic carbocycles. The van der Waals surface area contributed by atoms with E-state index in [4.69, 9.17) is 9.78 Å². The fourth-order valence-corrected chi connectivity index (χ4v) is 4.95. The minimum absolute atomic E-state index is 0.0954. The molecular formula is C29H39N5O5. The van der Waals surface area contributed by atoms with Crippen molar-refractivity contribution >= 4 is 30.0 Å². The quantitative estimate of drug-likeness (QED) is 0.323. The molecule has 0 bridgehead atoms. The number of carbonyl (C=O) groups excluding carboxylic acids is 3. The van der Waals surface area contributed by atoms with E-state index >= 15 is 0 Å². The molecule has 4 N–H and O–H groups in total. The fraction of sp³-hybridized carbons (Fsp3) is 0.483.